The van der Waals surface area contributed by atoms with Crippen molar-refractivity contribution in [3.05, 3.63) is 65.7 Å². The van der Waals surface area contributed by atoms with Gasteiger partial charge in [-0.1, -0.05) is 48.5 Å². The number of carbonyl (C=O) groups excluding carboxylic acids is 1. The van der Waals surface area contributed by atoms with E-state index in [1.807, 2.05) is 42.2 Å². The third-order valence-corrected chi connectivity index (χ3v) is 4.55. The minimum Gasteiger partial charge on any atom is -0.360 e. The zero-order valence-corrected chi connectivity index (χ0v) is 14.2. The fraction of sp³-hybridized carbons (Fsp3) is 0.350. The molecule has 24 heavy (non-hydrogen) atoms. The fourth-order valence-electron chi connectivity index (χ4n) is 3.31. The highest BCUT2D eigenvalue weighted by Crippen LogP contribution is 2.26. The molecular weight excluding hydrogens is 298 g/mol. The van der Waals surface area contributed by atoms with E-state index in [1.165, 1.54) is 5.56 Å². The van der Waals surface area contributed by atoms with Gasteiger partial charge in [-0.05, 0) is 30.5 Å². The highest BCUT2D eigenvalue weighted by Gasteiger charge is 2.24. The number of nitrogens with zero attached hydrogens (tertiary/aromatic N) is 2. The standard InChI is InChI=1S/C20H25N3O/c1-2-22(13-16-8-4-3-5-9-16)20(24)15-23-14-18(21)12-17-10-6-7-11-19(17)23/h3-11,18H,2,12-15,21H2,1H3. The number of nitrogens with two attached hydrogens (primary N) is 1. The van der Waals surface area contributed by atoms with Gasteiger partial charge in [-0.15, -0.1) is 0 Å². The Kier molecular flexibility index (Phi) is 5.16. The summed E-state index contributed by atoms with van der Waals surface area (Å²) >= 11 is 0. The number of hydrogen-bond donors (Lipinski definition) is 1. The number of benzene rings is 2. The van der Waals surface area contributed by atoms with Crippen LogP contribution in [0.1, 0.15) is 18.1 Å². The molecule has 2 N–H and O–H groups in total. The van der Waals surface area contributed by atoms with E-state index >= 15 is 0 Å². The lowest BCUT2D eigenvalue weighted by Crippen LogP contribution is -2.48. The van der Waals surface area contributed by atoms with E-state index < -0.39 is 0 Å². The maximum absolute atomic E-state index is 12.8. The van der Waals surface area contributed by atoms with Crippen molar-refractivity contribution in [2.24, 2.45) is 5.73 Å². The Balaban J connectivity index is 1.71. The van der Waals surface area contributed by atoms with E-state index in [0.717, 1.165) is 24.2 Å². The lowest BCUT2D eigenvalue weighted by atomic mass is 9.98. The van der Waals surface area contributed by atoms with Crippen LogP contribution in [-0.2, 0) is 17.8 Å². The number of hydrogen-bond acceptors (Lipinski definition) is 3. The van der Waals surface area contributed by atoms with Gasteiger partial charge in [-0.25, -0.2) is 0 Å². The minimum atomic E-state index is 0.0805. The molecule has 126 valence electrons. The fourth-order valence-corrected chi connectivity index (χ4v) is 3.31. The molecule has 2 aromatic rings. The second-order valence-corrected chi connectivity index (χ2v) is 6.37. The van der Waals surface area contributed by atoms with E-state index in [2.05, 4.69) is 29.2 Å². The van der Waals surface area contributed by atoms with E-state index in [4.69, 9.17) is 5.73 Å². The largest absolute Gasteiger partial charge is 0.360 e. The number of fused-ring (bicyclic) bond motifs is 1. The Morgan fingerprint density at radius 3 is 2.62 bits per heavy atom. The number of rotatable bonds is 5. The van der Waals surface area contributed by atoms with Crippen molar-refractivity contribution in [2.75, 3.05) is 24.5 Å². The van der Waals surface area contributed by atoms with Crippen LogP contribution in [0, 0.1) is 0 Å². The van der Waals surface area contributed by atoms with Crippen molar-refractivity contribution in [1.29, 1.82) is 0 Å². The van der Waals surface area contributed by atoms with Crippen LogP contribution >= 0.6 is 0 Å². The predicted octanol–water partition coefficient (Wildman–Crippen LogP) is 2.43. The summed E-state index contributed by atoms with van der Waals surface area (Å²) < 4.78 is 0. The second-order valence-electron chi connectivity index (χ2n) is 6.37. The normalized spacial score (nSPS) is 16.6. The monoisotopic (exact) mass is 323 g/mol. The molecule has 1 heterocycles. The minimum absolute atomic E-state index is 0.0805. The van der Waals surface area contributed by atoms with Crippen LogP contribution in [0.15, 0.2) is 54.6 Å². The maximum Gasteiger partial charge on any atom is 0.242 e. The molecule has 0 saturated carbocycles. The molecule has 0 spiro atoms. The first kappa shape index (κ1) is 16.5. The Morgan fingerprint density at radius 1 is 1.17 bits per heavy atom. The number of anilines is 1. The number of amides is 1. The quantitative estimate of drug-likeness (QED) is 0.919. The first-order valence-corrected chi connectivity index (χ1v) is 8.57. The molecule has 0 saturated heterocycles. The molecular formula is C20H25N3O. The summed E-state index contributed by atoms with van der Waals surface area (Å²) in [5.74, 6) is 0.144. The molecule has 4 heteroatoms. The van der Waals surface area contributed by atoms with Crippen molar-refractivity contribution in [3.8, 4) is 0 Å². The first-order valence-electron chi connectivity index (χ1n) is 8.57. The van der Waals surface area contributed by atoms with Gasteiger partial charge in [0.05, 0.1) is 6.54 Å². The molecule has 1 aliphatic heterocycles. The molecule has 1 aliphatic rings. The number of para-hydroxylation sites is 1. The topological polar surface area (TPSA) is 49.6 Å². The van der Waals surface area contributed by atoms with Gasteiger partial charge in [-0.2, -0.15) is 0 Å². The molecule has 0 bridgehead atoms. The van der Waals surface area contributed by atoms with Crippen molar-refractivity contribution in [3.63, 3.8) is 0 Å². The second kappa shape index (κ2) is 7.49. The SMILES string of the molecule is CCN(Cc1ccccc1)C(=O)CN1CC(N)Cc2ccccc21. The molecule has 1 atom stereocenters. The number of carbonyl (C=O) groups is 1. The molecule has 0 aliphatic carbocycles. The molecule has 2 aromatic carbocycles. The van der Waals surface area contributed by atoms with E-state index in [-0.39, 0.29) is 11.9 Å². The summed E-state index contributed by atoms with van der Waals surface area (Å²) in [5, 5.41) is 0. The zero-order valence-electron chi connectivity index (χ0n) is 14.2. The van der Waals surface area contributed by atoms with Gasteiger partial charge >= 0.3 is 0 Å². The third kappa shape index (κ3) is 3.77. The average Bonchev–Trinajstić information content (AvgIpc) is 2.60. The van der Waals surface area contributed by atoms with Crippen molar-refractivity contribution < 1.29 is 4.79 Å². The summed E-state index contributed by atoms with van der Waals surface area (Å²) in [6.45, 7) is 4.49. The van der Waals surface area contributed by atoms with Gasteiger partial charge in [0.2, 0.25) is 5.91 Å². The summed E-state index contributed by atoms with van der Waals surface area (Å²) in [4.78, 5) is 16.8. The predicted molar refractivity (Wildman–Crippen MR) is 97.9 cm³/mol. The highest BCUT2D eigenvalue weighted by atomic mass is 16.2. The number of likely N-dealkylation sites (N-methyl/N-ethyl adjacent to an activating group) is 1. The lowest BCUT2D eigenvalue weighted by Gasteiger charge is -2.35. The molecule has 0 aromatic heterocycles. The van der Waals surface area contributed by atoms with Crippen LogP contribution < -0.4 is 10.6 Å². The van der Waals surface area contributed by atoms with Crippen LogP contribution in [0.25, 0.3) is 0 Å². The van der Waals surface area contributed by atoms with Crippen molar-refractivity contribution >= 4 is 11.6 Å². The molecule has 4 nitrogen and oxygen atoms in total. The van der Waals surface area contributed by atoms with Crippen LogP contribution in [0.2, 0.25) is 0 Å². The molecule has 0 radical (unpaired) electrons. The van der Waals surface area contributed by atoms with Gasteiger partial charge < -0.3 is 15.5 Å². The van der Waals surface area contributed by atoms with Gasteiger partial charge in [0.25, 0.3) is 0 Å². The zero-order chi connectivity index (χ0) is 16.9. The van der Waals surface area contributed by atoms with E-state index in [0.29, 0.717) is 19.6 Å². The Labute approximate surface area is 143 Å². The third-order valence-electron chi connectivity index (χ3n) is 4.55. The van der Waals surface area contributed by atoms with Gasteiger partial charge in [0.1, 0.15) is 0 Å². The first-order chi connectivity index (χ1) is 11.7. The van der Waals surface area contributed by atoms with E-state index in [1.54, 1.807) is 0 Å². The van der Waals surface area contributed by atoms with Crippen LogP contribution in [0.4, 0.5) is 5.69 Å². The van der Waals surface area contributed by atoms with E-state index in [9.17, 15) is 4.79 Å². The Hall–Kier alpha value is -2.33. The summed E-state index contributed by atoms with van der Waals surface area (Å²) in [5.41, 5.74) is 9.71. The van der Waals surface area contributed by atoms with Crippen molar-refractivity contribution in [2.45, 2.75) is 25.9 Å². The smallest absolute Gasteiger partial charge is 0.242 e. The maximum atomic E-state index is 12.8. The molecule has 3 rings (SSSR count). The molecule has 1 unspecified atom stereocenters. The van der Waals surface area contributed by atoms with Gasteiger partial charge in [0.15, 0.2) is 0 Å². The molecule has 0 fully saturated rings. The molecule has 1 amide bonds. The van der Waals surface area contributed by atoms with Crippen molar-refractivity contribution in [1.82, 2.24) is 4.90 Å². The summed E-state index contributed by atoms with van der Waals surface area (Å²) in [6, 6.07) is 18.4. The Morgan fingerprint density at radius 2 is 1.88 bits per heavy atom. The van der Waals surface area contributed by atoms with Crippen LogP contribution in [-0.4, -0.2) is 36.5 Å². The highest BCUT2D eigenvalue weighted by molar-refractivity contribution is 5.82. The van der Waals surface area contributed by atoms with Gasteiger partial charge in [-0.3, -0.25) is 4.79 Å². The van der Waals surface area contributed by atoms with Crippen LogP contribution in [0.3, 0.4) is 0 Å². The summed E-state index contributed by atoms with van der Waals surface area (Å²) in [7, 11) is 0. The average molecular weight is 323 g/mol. The van der Waals surface area contributed by atoms with Gasteiger partial charge in [0, 0.05) is 31.4 Å². The lowest BCUT2D eigenvalue weighted by molar-refractivity contribution is -0.130. The van der Waals surface area contributed by atoms with Crippen LogP contribution in [0.5, 0.6) is 0 Å². The Bertz CT molecular complexity index is 686. The summed E-state index contributed by atoms with van der Waals surface area (Å²) in [6.07, 6.45) is 0.877.